The quantitative estimate of drug-likeness (QED) is 0.812. The van der Waals surface area contributed by atoms with Crippen molar-refractivity contribution in [3.8, 4) is 0 Å². The van der Waals surface area contributed by atoms with E-state index in [2.05, 4.69) is 31.0 Å². The van der Waals surface area contributed by atoms with Crippen LogP contribution in [0.3, 0.4) is 0 Å². The standard InChI is InChI=1S/C14H26N2O/c1-4-8-16(11-6-5-7-15-10-11)13(17)12-9-14(12,2)3/h11-12,15H,4-10H2,1-3H3. The van der Waals surface area contributed by atoms with Gasteiger partial charge in [0.15, 0.2) is 0 Å². The van der Waals surface area contributed by atoms with E-state index in [1.807, 2.05) is 0 Å². The van der Waals surface area contributed by atoms with Crippen LogP contribution in [0.25, 0.3) is 0 Å². The van der Waals surface area contributed by atoms with Gasteiger partial charge in [-0.2, -0.15) is 0 Å². The third-order valence-corrected chi connectivity index (χ3v) is 4.27. The van der Waals surface area contributed by atoms with Crippen LogP contribution in [-0.2, 0) is 4.79 Å². The van der Waals surface area contributed by atoms with Crippen LogP contribution >= 0.6 is 0 Å². The van der Waals surface area contributed by atoms with Gasteiger partial charge in [-0.15, -0.1) is 0 Å². The topological polar surface area (TPSA) is 32.3 Å². The fourth-order valence-electron chi connectivity index (χ4n) is 2.90. The second-order valence-electron chi connectivity index (χ2n) is 6.28. The number of amides is 1. The summed E-state index contributed by atoms with van der Waals surface area (Å²) in [5.41, 5.74) is 0.255. The highest BCUT2D eigenvalue weighted by molar-refractivity contribution is 5.82. The smallest absolute Gasteiger partial charge is 0.226 e. The summed E-state index contributed by atoms with van der Waals surface area (Å²) in [7, 11) is 0. The molecule has 2 aliphatic rings. The zero-order valence-electron chi connectivity index (χ0n) is 11.5. The minimum Gasteiger partial charge on any atom is -0.338 e. The van der Waals surface area contributed by atoms with E-state index in [-0.39, 0.29) is 11.3 Å². The lowest BCUT2D eigenvalue weighted by atomic mass is 10.0. The molecular weight excluding hydrogens is 212 g/mol. The molecule has 0 bridgehead atoms. The molecule has 0 aromatic heterocycles. The highest BCUT2D eigenvalue weighted by atomic mass is 16.2. The monoisotopic (exact) mass is 238 g/mol. The molecule has 0 spiro atoms. The van der Waals surface area contributed by atoms with Crippen LogP contribution in [0.2, 0.25) is 0 Å². The number of rotatable bonds is 4. The SMILES string of the molecule is CCCN(C(=O)C1CC1(C)C)C1CCCNC1. The first-order valence-electron chi connectivity index (χ1n) is 7.07. The van der Waals surface area contributed by atoms with Crippen molar-refractivity contribution in [2.75, 3.05) is 19.6 Å². The Kier molecular flexibility index (Phi) is 3.76. The van der Waals surface area contributed by atoms with Crippen molar-refractivity contribution in [2.45, 2.75) is 52.5 Å². The van der Waals surface area contributed by atoms with Gasteiger partial charge in [-0.1, -0.05) is 20.8 Å². The van der Waals surface area contributed by atoms with Crippen LogP contribution in [0.4, 0.5) is 0 Å². The maximum Gasteiger partial charge on any atom is 0.226 e. The van der Waals surface area contributed by atoms with E-state index in [0.717, 1.165) is 32.5 Å². The summed E-state index contributed by atoms with van der Waals surface area (Å²) in [6.07, 6.45) is 4.51. The Bertz CT molecular complexity index is 282. The minimum absolute atomic E-state index is 0.255. The third kappa shape index (κ3) is 2.82. The summed E-state index contributed by atoms with van der Waals surface area (Å²) in [5, 5.41) is 3.41. The van der Waals surface area contributed by atoms with E-state index in [4.69, 9.17) is 0 Å². The summed E-state index contributed by atoms with van der Waals surface area (Å²) in [6.45, 7) is 9.60. The Labute approximate surface area is 105 Å². The number of nitrogens with one attached hydrogen (secondary N) is 1. The van der Waals surface area contributed by atoms with Crippen LogP contribution in [0, 0.1) is 11.3 Å². The van der Waals surface area contributed by atoms with Gasteiger partial charge in [-0.3, -0.25) is 4.79 Å². The number of piperidine rings is 1. The summed E-state index contributed by atoms with van der Waals surface area (Å²) in [4.78, 5) is 14.7. The highest BCUT2D eigenvalue weighted by Gasteiger charge is 2.52. The van der Waals surface area contributed by atoms with Crippen molar-refractivity contribution in [3.63, 3.8) is 0 Å². The van der Waals surface area contributed by atoms with Gasteiger partial charge in [0.2, 0.25) is 5.91 Å². The summed E-state index contributed by atoms with van der Waals surface area (Å²) in [6, 6.07) is 0.438. The van der Waals surface area contributed by atoms with Crippen LogP contribution in [0.5, 0.6) is 0 Å². The molecule has 0 aromatic rings. The van der Waals surface area contributed by atoms with E-state index in [9.17, 15) is 4.79 Å². The molecule has 1 aliphatic carbocycles. The maximum absolute atomic E-state index is 12.5. The van der Waals surface area contributed by atoms with E-state index < -0.39 is 0 Å². The number of carbonyl (C=O) groups is 1. The number of nitrogens with zero attached hydrogens (tertiary/aromatic N) is 1. The summed E-state index contributed by atoms with van der Waals surface area (Å²) >= 11 is 0. The van der Waals surface area contributed by atoms with Gasteiger partial charge in [0.25, 0.3) is 0 Å². The summed E-state index contributed by atoms with van der Waals surface area (Å²) < 4.78 is 0. The first-order valence-corrected chi connectivity index (χ1v) is 7.07. The molecule has 2 unspecified atom stereocenters. The van der Waals surface area contributed by atoms with Gasteiger partial charge in [-0.25, -0.2) is 0 Å². The lowest BCUT2D eigenvalue weighted by Crippen LogP contribution is -2.49. The first-order chi connectivity index (χ1) is 8.06. The second kappa shape index (κ2) is 4.97. The largest absolute Gasteiger partial charge is 0.338 e. The van der Waals surface area contributed by atoms with Crippen LogP contribution in [0.15, 0.2) is 0 Å². The molecule has 1 aliphatic heterocycles. The van der Waals surface area contributed by atoms with Gasteiger partial charge in [0.1, 0.15) is 0 Å². The Morgan fingerprint density at radius 1 is 1.47 bits per heavy atom. The number of hydrogen-bond acceptors (Lipinski definition) is 2. The molecule has 0 aromatic carbocycles. The number of hydrogen-bond donors (Lipinski definition) is 1. The van der Waals surface area contributed by atoms with E-state index >= 15 is 0 Å². The zero-order chi connectivity index (χ0) is 12.5. The molecule has 1 heterocycles. The summed E-state index contributed by atoms with van der Waals surface area (Å²) in [5.74, 6) is 0.696. The van der Waals surface area contributed by atoms with Gasteiger partial charge < -0.3 is 10.2 Å². The van der Waals surface area contributed by atoms with E-state index in [1.165, 1.54) is 12.8 Å². The lowest BCUT2D eigenvalue weighted by molar-refractivity contribution is -0.136. The Hall–Kier alpha value is -0.570. The molecule has 1 saturated carbocycles. The van der Waals surface area contributed by atoms with Crippen LogP contribution < -0.4 is 5.32 Å². The van der Waals surface area contributed by atoms with Crippen molar-refractivity contribution < 1.29 is 4.79 Å². The van der Waals surface area contributed by atoms with Crippen molar-refractivity contribution in [2.24, 2.45) is 11.3 Å². The highest BCUT2D eigenvalue weighted by Crippen LogP contribution is 2.52. The lowest BCUT2D eigenvalue weighted by Gasteiger charge is -2.35. The molecule has 1 saturated heterocycles. The van der Waals surface area contributed by atoms with Gasteiger partial charge in [0, 0.05) is 25.0 Å². The minimum atomic E-state index is 0.255. The zero-order valence-corrected chi connectivity index (χ0v) is 11.5. The molecule has 2 rings (SSSR count). The molecule has 17 heavy (non-hydrogen) atoms. The predicted molar refractivity (Wildman–Crippen MR) is 69.8 cm³/mol. The molecule has 3 heteroatoms. The second-order valence-corrected chi connectivity index (χ2v) is 6.28. The van der Waals surface area contributed by atoms with E-state index in [1.54, 1.807) is 0 Å². The molecule has 1 N–H and O–H groups in total. The fourth-order valence-corrected chi connectivity index (χ4v) is 2.90. The maximum atomic E-state index is 12.5. The molecule has 2 fully saturated rings. The Morgan fingerprint density at radius 2 is 2.18 bits per heavy atom. The van der Waals surface area contributed by atoms with Gasteiger partial charge >= 0.3 is 0 Å². The van der Waals surface area contributed by atoms with Crippen molar-refractivity contribution in [1.29, 1.82) is 0 Å². The Morgan fingerprint density at radius 3 is 2.65 bits per heavy atom. The molecule has 2 atom stereocenters. The van der Waals surface area contributed by atoms with Gasteiger partial charge in [0.05, 0.1) is 0 Å². The Balaban J connectivity index is 1.98. The first kappa shape index (κ1) is 12.9. The average molecular weight is 238 g/mol. The van der Waals surface area contributed by atoms with Gasteiger partial charge in [-0.05, 0) is 37.6 Å². The third-order valence-electron chi connectivity index (χ3n) is 4.27. The molecule has 0 radical (unpaired) electrons. The van der Waals surface area contributed by atoms with E-state index in [0.29, 0.717) is 11.9 Å². The fraction of sp³-hybridized carbons (Fsp3) is 0.929. The van der Waals surface area contributed by atoms with Crippen LogP contribution in [-0.4, -0.2) is 36.5 Å². The van der Waals surface area contributed by atoms with Crippen molar-refractivity contribution >= 4 is 5.91 Å². The normalized spacial score (nSPS) is 31.0. The average Bonchev–Trinajstić information content (AvgIpc) is 2.96. The van der Waals surface area contributed by atoms with Crippen LogP contribution in [0.1, 0.15) is 46.5 Å². The predicted octanol–water partition coefficient (Wildman–Crippen LogP) is 2.02. The number of carbonyl (C=O) groups excluding carboxylic acids is 1. The molecule has 98 valence electrons. The molecule has 3 nitrogen and oxygen atoms in total. The van der Waals surface area contributed by atoms with Crippen molar-refractivity contribution in [3.05, 3.63) is 0 Å². The van der Waals surface area contributed by atoms with Crippen molar-refractivity contribution in [1.82, 2.24) is 10.2 Å². The molecular formula is C14H26N2O. The molecule has 1 amide bonds.